The molecule has 0 saturated carbocycles. The molecule has 0 aliphatic carbocycles. The van der Waals surface area contributed by atoms with Crippen LogP contribution in [0.1, 0.15) is 12.0 Å². The van der Waals surface area contributed by atoms with E-state index in [0.29, 0.717) is 13.0 Å². The van der Waals surface area contributed by atoms with Crippen LogP contribution in [0.3, 0.4) is 0 Å². The third kappa shape index (κ3) is 4.86. The zero-order valence-electron chi connectivity index (χ0n) is 17.6. The van der Waals surface area contributed by atoms with Crippen LogP contribution in [0.25, 0.3) is 0 Å². The fraction of sp³-hybridized carbons (Fsp3) is 0.143. The normalized spacial score (nSPS) is 11.8. The molecule has 1 nitrogen and oxygen atoms in total. The minimum atomic E-state index is -2.40. The Labute approximate surface area is 184 Å². The van der Waals surface area contributed by atoms with Crippen LogP contribution in [0.5, 0.6) is 5.75 Å². The van der Waals surface area contributed by atoms with E-state index in [2.05, 4.69) is 109 Å². The van der Waals surface area contributed by atoms with Crippen molar-refractivity contribution < 1.29 is 9.13 Å². The van der Waals surface area contributed by atoms with Crippen molar-refractivity contribution in [2.24, 2.45) is 0 Å². The first-order chi connectivity index (χ1) is 15.3. The number of ether oxygens (including phenoxy) is 1. The molecule has 4 rings (SSSR count). The summed E-state index contributed by atoms with van der Waals surface area (Å²) in [5.74, 6) is 0.808. The predicted octanol–water partition coefficient (Wildman–Crippen LogP) is 5.65. The van der Waals surface area contributed by atoms with E-state index in [4.69, 9.17) is 4.74 Å². The number of rotatable bonds is 9. The van der Waals surface area contributed by atoms with Gasteiger partial charge in [0.1, 0.15) is 0 Å². The molecule has 0 amide bonds. The zero-order chi connectivity index (χ0) is 21.4. The van der Waals surface area contributed by atoms with E-state index >= 15 is 0 Å². The van der Waals surface area contributed by atoms with Crippen LogP contribution in [0.2, 0.25) is 0 Å². The van der Waals surface area contributed by atoms with E-state index in [-0.39, 0.29) is 6.67 Å². The first-order valence-corrected chi connectivity index (χ1v) is 13.0. The second-order valence-electron chi connectivity index (χ2n) is 7.72. The van der Waals surface area contributed by atoms with Crippen molar-refractivity contribution in [3.05, 3.63) is 121 Å². The van der Waals surface area contributed by atoms with E-state index in [0.717, 1.165) is 11.9 Å². The van der Waals surface area contributed by atoms with E-state index in [1.165, 1.54) is 21.5 Å². The summed E-state index contributed by atoms with van der Waals surface area (Å²) in [7, 11) is -2.40. The van der Waals surface area contributed by atoms with Crippen molar-refractivity contribution in [2.75, 3.05) is 13.3 Å². The fourth-order valence-electron chi connectivity index (χ4n) is 4.25. The Morgan fingerprint density at radius 3 is 1.74 bits per heavy atom. The molecule has 4 aromatic rings. The predicted molar refractivity (Wildman–Crippen MR) is 133 cm³/mol. The maximum absolute atomic E-state index is 12.6. The first kappa shape index (κ1) is 21.3. The van der Waals surface area contributed by atoms with Crippen molar-refractivity contribution >= 4 is 23.2 Å². The Hall–Kier alpha value is -2.96. The van der Waals surface area contributed by atoms with Crippen molar-refractivity contribution in [3.63, 3.8) is 0 Å². The Bertz CT molecular complexity index is 1030. The average molecular weight is 431 g/mol. The molecule has 4 aromatic carbocycles. The molecule has 0 N–H and O–H groups in total. The van der Waals surface area contributed by atoms with Gasteiger partial charge in [0.15, 0.2) is 0 Å². The number of hydrogen-bond donors (Lipinski definition) is 0. The molecule has 158 valence electrons. The van der Waals surface area contributed by atoms with Crippen molar-refractivity contribution in [1.82, 2.24) is 0 Å². The van der Waals surface area contributed by atoms with Crippen LogP contribution < -0.4 is 20.7 Å². The quantitative estimate of drug-likeness (QED) is 0.246. The maximum atomic E-state index is 12.6. The molecule has 3 heteroatoms. The van der Waals surface area contributed by atoms with Gasteiger partial charge in [0.2, 0.25) is 0 Å². The van der Waals surface area contributed by atoms with Crippen LogP contribution in [0.15, 0.2) is 115 Å². The van der Waals surface area contributed by atoms with Crippen LogP contribution in [-0.2, 0) is 6.16 Å². The Morgan fingerprint density at radius 1 is 0.613 bits per heavy atom. The molecule has 0 aliphatic rings. The SMILES string of the molecule is FCCCOc1cccc([PH](Cc2ccccc2)(c2ccccc2)c2ccccc2)c1. The van der Waals surface area contributed by atoms with Gasteiger partial charge in [-0.3, -0.25) is 0 Å². The summed E-state index contributed by atoms with van der Waals surface area (Å²) in [4.78, 5) is 0. The van der Waals surface area contributed by atoms with Gasteiger partial charge >= 0.3 is 185 Å². The minimum absolute atomic E-state index is 0.361. The van der Waals surface area contributed by atoms with Gasteiger partial charge in [-0.2, -0.15) is 0 Å². The molecule has 0 heterocycles. The second-order valence-corrected chi connectivity index (χ2v) is 11.6. The van der Waals surface area contributed by atoms with Gasteiger partial charge in [-0.15, -0.1) is 0 Å². The third-order valence-corrected chi connectivity index (χ3v) is 10.6. The summed E-state index contributed by atoms with van der Waals surface area (Å²) < 4.78 is 18.5. The van der Waals surface area contributed by atoms with Gasteiger partial charge in [0.05, 0.1) is 0 Å². The van der Waals surface area contributed by atoms with Gasteiger partial charge in [-0.05, 0) is 0 Å². The fourth-order valence-corrected chi connectivity index (χ4v) is 9.00. The van der Waals surface area contributed by atoms with Crippen LogP contribution >= 0.6 is 7.26 Å². The van der Waals surface area contributed by atoms with Gasteiger partial charge in [-0.25, -0.2) is 0 Å². The number of benzene rings is 4. The molecule has 0 radical (unpaired) electrons. The van der Waals surface area contributed by atoms with Gasteiger partial charge in [0.25, 0.3) is 0 Å². The summed E-state index contributed by atoms with van der Waals surface area (Å²) in [5, 5.41) is 4.03. The van der Waals surface area contributed by atoms with Crippen LogP contribution in [0.4, 0.5) is 4.39 Å². The summed E-state index contributed by atoms with van der Waals surface area (Å²) in [6.45, 7) is 0.0320. The molecule has 0 unspecified atom stereocenters. The van der Waals surface area contributed by atoms with Crippen molar-refractivity contribution in [1.29, 1.82) is 0 Å². The number of hydrogen-bond acceptors (Lipinski definition) is 1. The summed E-state index contributed by atoms with van der Waals surface area (Å²) in [5.41, 5.74) is 1.32. The monoisotopic (exact) mass is 430 g/mol. The molecular weight excluding hydrogens is 402 g/mol. The summed E-state index contributed by atoms with van der Waals surface area (Å²) in [6.07, 6.45) is 1.37. The average Bonchev–Trinajstić information content (AvgIpc) is 2.85. The summed E-state index contributed by atoms with van der Waals surface area (Å²) >= 11 is 0. The molecule has 0 spiro atoms. The Morgan fingerprint density at radius 2 is 1.16 bits per heavy atom. The van der Waals surface area contributed by atoms with E-state index in [1.54, 1.807) is 0 Å². The standard InChI is InChI=1S/C28H28FOP/c29-20-11-21-30-25-14-10-19-28(22-25)31(26-15-6-2-7-16-26,27-17-8-3-9-18-27)23-24-12-4-1-5-13-24/h1-10,12-19,22,31H,11,20-21,23H2. The van der Waals surface area contributed by atoms with Crippen LogP contribution in [-0.4, -0.2) is 13.3 Å². The van der Waals surface area contributed by atoms with E-state index in [9.17, 15) is 4.39 Å². The van der Waals surface area contributed by atoms with Gasteiger partial charge < -0.3 is 0 Å². The van der Waals surface area contributed by atoms with Gasteiger partial charge in [0, 0.05) is 0 Å². The molecule has 0 saturated heterocycles. The van der Waals surface area contributed by atoms with Crippen molar-refractivity contribution in [2.45, 2.75) is 12.6 Å². The topological polar surface area (TPSA) is 9.23 Å². The first-order valence-electron chi connectivity index (χ1n) is 10.8. The van der Waals surface area contributed by atoms with Crippen molar-refractivity contribution in [3.8, 4) is 5.75 Å². The van der Waals surface area contributed by atoms with E-state index < -0.39 is 7.26 Å². The molecule has 0 atom stereocenters. The molecule has 31 heavy (non-hydrogen) atoms. The molecule has 0 fully saturated rings. The molecule has 0 bridgehead atoms. The molecule has 0 aromatic heterocycles. The Kier molecular flexibility index (Phi) is 7.12. The van der Waals surface area contributed by atoms with E-state index in [1.807, 2.05) is 6.07 Å². The number of alkyl halides is 1. The summed E-state index contributed by atoms with van der Waals surface area (Å²) in [6, 6.07) is 40.9. The third-order valence-electron chi connectivity index (χ3n) is 5.72. The molecular formula is C28H28FOP. The zero-order valence-corrected chi connectivity index (χ0v) is 18.6. The second kappa shape index (κ2) is 10.4. The number of halogens is 1. The van der Waals surface area contributed by atoms with Gasteiger partial charge in [-0.1, -0.05) is 0 Å². The molecule has 0 aliphatic heterocycles. The van der Waals surface area contributed by atoms with Crippen LogP contribution in [0, 0.1) is 0 Å². The Balaban J connectivity index is 1.90.